The number of rotatable bonds is 5. The normalized spacial score (nSPS) is 14.7. The van der Waals surface area contributed by atoms with Gasteiger partial charge in [0.15, 0.2) is 4.34 Å². The van der Waals surface area contributed by atoms with Crippen LogP contribution in [0.25, 0.3) is 0 Å². The van der Waals surface area contributed by atoms with Gasteiger partial charge in [0.1, 0.15) is 5.82 Å². The van der Waals surface area contributed by atoms with Crippen LogP contribution in [0.2, 0.25) is 0 Å². The number of thiophene rings is 1. The van der Waals surface area contributed by atoms with Crippen LogP contribution in [0, 0.1) is 6.92 Å². The molecule has 0 fully saturated rings. The highest BCUT2D eigenvalue weighted by molar-refractivity contribution is 8.01. The van der Waals surface area contributed by atoms with Crippen LogP contribution in [0.1, 0.15) is 35.4 Å². The second kappa shape index (κ2) is 6.14. The van der Waals surface area contributed by atoms with E-state index in [-0.39, 0.29) is 11.3 Å². The molecule has 2 aromatic heterocycles. The van der Waals surface area contributed by atoms with E-state index < -0.39 is 0 Å². The first kappa shape index (κ1) is 14.0. The Bertz CT molecular complexity index is 504. The summed E-state index contributed by atoms with van der Waals surface area (Å²) < 4.78 is 5.34. The molecule has 0 bridgehead atoms. The SMILES string of the molecule is CCc1nsc(SC(c2sccc2C)C(C)N)n1. The quantitative estimate of drug-likeness (QED) is 0.856. The molecule has 2 heterocycles. The fraction of sp³-hybridized carbons (Fsp3) is 0.500. The average Bonchev–Trinajstić information content (AvgIpc) is 2.94. The van der Waals surface area contributed by atoms with Gasteiger partial charge in [0.2, 0.25) is 0 Å². The van der Waals surface area contributed by atoms with Crippen LogP contribution in [-0.2, 0) is 6.42 Å². The van der Waals surface area contributed by atoms with E-state index in [9.17, 15) is 0 Å². The van der Waals surface area contributed by atoms with Gasteiger partial charge in [0.25, 0.3) is 0 Å². The number of aromatic nitrogens is 2. The summed E-state index contributed by atoms with van der Waals surface area (Å²) in [6, 6.07) is 2.24. The fourth-order valence-corrected chi connectivity index (χ4v) is 4.92. The monoisotopic (exact) mass is 299 g/mol. The molecule has 0 aliphatic heterocycles. The van der Waals surface area contributed by atoms with Crippen LogP contribution < -0.4 is 5.73 Å². The van der Waals surface area contributed by atoms with Gasteiger partial charge >= 0.3 is 0 Å². The Kier molecular flexibility index (Phi) is 4.77. The zero-order chi connectivity index (χ0) is 13.1. The van der Waals surface area contributed by atoms with Crippen molar-refractivity contribution in [1.29, 1.82) is 0 Å². The van der Waals surface area contributed by atoms with Gasteiger partial charge in [-0.25, -0.2) is 4.98 Å². The minimum absolute atomic E-state index is 0.0985. The van der Waals surface area contributed by atoms with E-state index >= 15 is 0 Å². The Hall–Kier alpha value is -0.430. The van der Waals surface area contributed by atoms with Crippen molar-refractivity contribution in [3.8, 4) is 0 Å². The molecule has 0 saturated heterocycles. The van der Waals surface area contributed by atoms with Gasteiger partial charge in [0.05, 0.1) is 5.25 Å². The number of hydrogen-bond acceptors (Lipinski definition) is 6. The summed E-state index contributed by atoms with van der Waals surface area (Å²) in [7, 11) is 0. The molecule has 98 valence electrons. The molecule has 3 nitrogen and oxygen atoms in total. The number of aryl methyl sites for hydroxylation is 2. The summed E-state index contributed by atoms with van der Waals surface area (Å²) in [6.45, 7) is 6.26. The first-order valence-corrected chi connectivity index (χ1v) is 8.44. The van der Waals surface area contributed by atoms with Crippen molar-refractivity contribution in [2.75, 3.05) is 0 Å². The summed E-state index contributed by atoms with van der Waals surface area (Å²) in [6.07, 6.45) is 0.887. The largest absolute Gasteiger partial charge is 0.327 e. The summed E-state index contributed by atoms with van der Waals surface area (Å²) in [5.41, 5.74) is 7.44. The fourth-order valence-electron chi connectivity index (χ4n) is 1.61. The third kappa shape index (κ3) is 3.12. The predicted molar refractivity (Wildman–Crippen MR) is 80.6 cm³/mol. The molecule has 2 unspecified atom stereocenters. The topological polar surface area (TPSA) is 51.8 Å². The van der Waals surface area contributed by atoms with Gasteiger partial charge < -0.3 is 5.73 Å². The summed E-state index contributed by atoms with van der Waals surface area (Å²) >= 11 is 4.98. The number of nitrogens with zero attached hydrogens (tertiary/aromatic N) is 2. The predicted octanol–water partition coefficient (Wildman–Crippen LogP) is 3.65. The van der Waals surface area contributed by atoms with Crippen LogP contribution in [0.3, 0.4) is 0 Å². The maximum absolute atomic E-state index is 6.13. The van der Waals surface area contributed by atoms with E-state index in [1.165, 1.54) is 22.0 Å². The lowest BCUT2D eigenvalue weighted by Gasteiger charge is -2.18. The van der Waals surface area contributed by atoms with Crippen LogP contribution in [0.5, 0.6) is 0 Å². The van der Waals surface area contributed by atoms with Crippen LogP contribution in [-0.4, -0.2) is 15.4 Å². The van der Waals surface area contributed by atoms with Gasteiger partial charge in [-0.05, 0) is 42.4 Å². The molecule has 18 heavy (non-hydrogen) atoms. The first-order chi connectivity index (χ1) is 8.61. The smallest absolute Gasteiger partial charge is 0.170 e. The minimum Gasteiger partial charge on any atom is -0.327 e. The van der Waals surface area contributed by atoms with E-state index in [0.717, 1.165) is 16.6 Å². The zero-order valence-electron chi connectivity index (χ0n) is 10.7. The Morgan fingerprint density at radius 3 is 2.78 bits per heavy atom. The summed E-state index contributed by atoms with van der Waals surface area (Å²) in [5.74, 6) is 0.925. The third-order valence-electron chi connectivity index (χ3n) is 2.63. The Morgan fingerprint density at radius 1 is 1.50 bits per heavy atom. The Labute approximate surface area is 120 Å². The molecule has 0 aliphatic rings. The second-order valence-corrected chi connectivity index (χ2v) is 7.28. The van der Waals surface area contributed by atoms with E-state index in [4.69, 9.17) is 5.73 Å². The van der Waals surface area contributed by atoms with Gasteiger partial charge in [-0.3, -0.25) is 0 Å². The number of thioether (sulfide) groups is 1. The molecule has 2 N–H and O–H groups in total. The maximum atomic E-state index is 6.13. The third-order valence-corrected chi connectivity index (χ3v) is 6.16. The average molecular weight is 299 g/mol. The molecular formula is C12H17N3S3. The van der Waals surface area contributed by atoms with Crippen molar-refractivity contribution in [3.05, 3.63) is 27.7 Å². The molecular weight excluding hydrogens is 282 g/mol. The number of hydrogen-bond donors (Lipinski definition) is 1. The van der Waals surface area contributed by atoms with Crippen LogP contribution in [0.15, 0.2) is 15.8 Å². The second-order valence-electron chi connectivity index (χ2n) is 4.20. The Morgan fingerprint density at radius 2 is 2.28 bits per heavy atom. The van der Waals surface area contributed by atoms with Crippen molar-refractivity contribution in [3.63, 3.8) is 0 Å². The zero-order valence-corrected chi connectivity index (χ0v) is 13.2. The standard InChI is InChI=1S/C12H17N3S3/c1-4-9-14-12(18-15-9)17-11(8(3)13)10-7(2)5-6-16-10/h5-6,8,11H,4,13H2,1-3H3. The molecule has 0 saturated carbocycles. The van der Waals surface area contributed by atoms with Gasteiger partial charge in [-0.2, -0.15) is 4.37 Å². The molecule has 0 amide bonds. The minimum atomic E-state index is 0.0985. The highest BCUT2D eigenvalue weighted by atomic mass is 32.2. The highest BCUT2D eigenvalue weighted by Crippen LogP contribution is 2.41. The van der Waals surface area contributed by atoms with Crippen molar-refractivity contribution in [2.45, 2.75) is 42.8 Å². The lowest BCUT2D eigenvalue weighted by atomic mass is 10.1. The first-order valence-electron chi connectivity index (χ1n) is 5.90. The lowest BCUT2D eigenvalue weighted by Crippen LogP contribution is -2.22. The van der Waals surface area contributed by atoms with Crippen molar-refractivity contribution in [1.82, 2.24) is 9.36 Å². The number of nitrogens with two attached hydrogens (primary N) is 1. The molecule has 0 aliphatic carbocycles. The van der Waals surface area contributed by atoms with E-state index in [1.54, 1.807) is 23.1 Å². The van der Waals surface area contributed by atoms with E-state index in [1.807, 2.05) is 0 Å². The molecule has 2 atom stereocenters. The van der Waals surface area contributed by atoms with Crippen LogP contribution in [0.4, 0.5) is 0 Å². The van der Waals surface area contributed by atoms with Crippen molar-refractivity contribution < 1.29 is 0 Å². The van der Waals surface area contributed by atoms with Gasteiger partial charge in [0, 0.05) is 17.3 Å². The molecule has 0 radical (unpaired) electrons. The summed E-state index contributed by atoms with van der Waals surface area (Å²) in [4.78, 5) is 5.86. The van der Waals surface area contributed by atoms with Crippen LogP contribution >= 0.6 is 34.6 Å². The van der Waals surface area contributed by atoms with Gasteiger partial charge in [-0.15, -0.1) is 11.3 Å². The van der Waals surface area contributed by atoms with Crippen molar-refractivity contribution >= 4 is 34.6 Å². The van der Waals surface area contributed by atoms with E-state index in [0.29, 0.717) is 0 Å². The molecule has 0 aromatic carbocycles. The highest BCUT2D eigenvalue weighted by Gasteiger charge is 2.22. The molecule has 6 heteroatoms. The van der Waals surface area contributed by atoms with E-state index in [2.05, 4.69) is 41.6 Å². The molecule has 2 aromatic rings. The molecule has 2 rings (SSSR count). The summed E-state index contributed by atoms with van der Waals surface area (Å²) in [5, 5.41) is 2.39. The Balaban J connectivity index is 2.19. The molecule has 0 spiro atoms. The lowest BCUT2D eigenvalue weighted by molar-refractivity contribution is 0.727. The van der Waals surface area contributed by atoms with Gasteiger partial charge in [-0.1, -0.05) is 18.7 Å². The van der Waals surface area contributed by atoms with Crippen molar-refractivity contribution in [2.24, 2.45) is 5.73 Å². The maximum Gasteiger partial charge on any atom is 0.170 e.